The van der Waals surface area contributed by atoms with Crippen LogP contribution in [0.2, 0.25) is 0 Å². The Bertz CT molecular complexity index is 1260. The van der Waals surface area contributed by atoms with Crippen molar-refractivity contribution >= 4 is 27.9 Å². The maximum atomic E-state index is 12.6. The number of hydrogen-bond acceptors (Lipinski definition) is 8. The molecule has 0 N–H and O–H groups in total. The lowest BCUT2D eigenvalue weighted by molar-refractivity contribution is -0.134. The molecule has 0 aromatic heterocycles. The van der Waals surface area contributed by atoms with Gasteiger partial charge in [0.1, 0.15) is 28.7 Å². The highest BCUT2D eigenvalue weighted by atomic mass is 79.9. The molecular weight excluding hydrogens is 616 g/mol. The van der Waals surface area contributed by atoms with E-state index in [-0.39, 0.29) is 16.7 Å². The second kappa shape index (κ2) is 18.9. The minimum Gasteiger partial charge on any atom is -0.491 e. The van der Waals surface area contributed by atoms with Gasteiger partial charge in [0.05, 0.1) is 45.2 Å². The third-order valence-corrected chi connectivity index (χ3v) is 7.68. The summed E-state index contributed by atoms with van der Waals surface area (Å²) in [6, 6.07) is 21.2. The van der Waals surface area contributed by atoms with Crippen molar-refractivity contribution in [1.82, 2.24) is 0 Å². The summed E-state index contributed by atoms with van der Waals surface area (Å²) in [5, 5.41) is 0. The van der Waals surface area contributed by atoms with Crippen molar-refractivity contribution in [3.05, 3.63) is 91.0 Å². The maximum Gasteiger partial charge on any atom is 0.343 e. The van der Waals surface area contributed by atoms with Crippen molar-refractivity contribution < 1.29 is 38.0 Å². The molecule has 230 valence electrons. The minimum absolute atomic E-state index is 0.180. The van der Waals surface area contributed by atoms with Crippen molar-refractivity contribution in [1.29, 1.82) is 0 Å². The topological polar surface area (TPSA) is 89.5 Å². The number of carbonyl (C=O) groups excluding carboxylic acids is 2. The Morgan fingerprint density at radius 1 is 0.721 bits per heavy atom. The van der Waals surface area contributed by atoms with Crippen LogP contribution in [0.5, 0.6) is 17.2 Å². The summed E-state index contributed by atoms with van der Waals surface area (Å²) in [5.41, 5.74) is 2.28. The number of halogens is 1. The first-order chi connectivity index (χ1) is 20.9. The van der Waals surface area contributed by atoms with Crippen LogP contribution in [0.25, 0.3) is 11.1 Å². The standard InChI is InChI=1S/C34H39BrO8/c1-4-18-38-19-20-39-21-22-40-23-24-41-29-12-10-28(11-13-29)33(36)42-30-14-6-26(7-15-30)27-8-16-31(17-9-27)43-34(37)32(35)25(3)5-2/h4,6-17,25,32H,1,5,18-24H2,2-3H3/t25-,32-/m0/s1. The van der Waals surface area contributed by atoms with Crippen LogP contribution in [0.15, 0.2) is 85.5 Å². The highest BCUT2D eigenvalue weighted by Gasteiger charge is 2.22. The second-order valence-electron chi connectivity index (χ2n) is 9.61. The fraction of sp³-hybridized carbons (Fsp3) is 0.353. The molecule has 2 atom stereocenters. The molecule has 0 fully saturated rings. The normalized spacial score (nSPS) is 12.3. The molecule has 3 rings (SSSR count). The van der Waals surface area contributed by atoms with Gasteiger partial charge in [-0.25, -0.2) is 4.79 Å². The van der Waals surface area contributed by atoms with Gasteiger partial charge in [-0.15, -0.1) is 6.58 Å². The highest BCUT2D eigenvalue weighted by molar-refractivity contribution is 9.10. The number of carbonyl (C=O) groups is 2. The molecule has 0 saturated carbocycles. The molecule has 8 nitrogen and oxygen atoms in total. The largest absolute Gasteiger partial charge is 0.491 e. The Labute approximate surface area is 262 Å². The molecule has 0 heterocycles. The van der Waals surface area contributed by atoms with Gasteiger partial charge in [-0.05, 0) is 65.6 Å². The summed E-state index contributed by atoms with van der Waals surface area (Å²) in [6.45, 7) is 10.9. The number of rotatable bonds is 19. The van der Waals surface area contributed by atoms with Crippen LogP contribution >= 0.6 is 15.9 Å². The van der Waals surface area contributed by atoms with Crippen LogP contribution in [0.3, 0.4) is 0 Å². The summed E-state index contributed by atoms with van der Waals surface area (Å²) in [4.78, 5) is 24.6. The van der Waals surface area contributed by atoms with Gasteiger partial charge in [-0.1, -0.05) is 66.5 Å². The molecule has 9 heteroatoms. The summed E-state index contributed by atoms with van der Waals surface area (Å²) < 4.78 is 32.8. The number of benzene rings is 3. The molecule has 0 spiro atoms. The molecule has 0 aliphatic heterocycles. The Kier molecular flexibility index (Phi) is 15.0. The van der Waals surface area contributed by atoms with Gasteiger partial charge in [-0.2, -0.15) is 0 Å². The molecule has 0 unspecified atom stereocenters. The first-order valence-corrected chi connectivity index (χ1v) is 15.2. The number of hydrogen-bond donors (Lipinski definition) is 0. The predicted octanol–water partition coefficient (Wildman–Crippen LogP) is 6.90. The molecular formula is C34H39BrO8. The lowest BCUT2D eigenvalue weighted by Gasteiger charge is -2.15. The van der Waals surface area contributed by atoms with Gasteiger partial charge in [0, 0.05) is 0 Å². The van der Waals surface area contributed by atoms with Crippen molar-refractivity contribution in [2.24, 2.45) is 5.92 Å². The Hall–Kier alpha value is -3.50. The molecule has 3 aromatic rings. The highest BCUT2D eigenvalue weighted by Crippen LogP contribution is 2.26. The average Bonchev–Trinajstić information content (AvgIpc) is 3.04. The molecule has 0 aliphatic carbocycles. The van der Waals surface area contributed by atoms with Crippen LogP contribution in [0, 0.1) is 5.92 Å². The Morgan fingerprint density at radius 3 is 1.74 bits per heavy atom. The SMILES string of the molecule is C=CCOCCOCCOCCOc1ccc(C(=O)Oc2ccc(-c3ccc(OC(=O)[C@@H](Br)[C@@H](C)CC)cc3)cc2)cc1. The zero-order valence-corrected chi connectivity index (χ0v) is 26.3. The maximum absolute atomic E-state index is 12.6. The van der Waals surface area contributed by atoms with Crippen molar-refractivity contribution in [2.75, 3.05) is 46.2 Å². The van der Waals surface area contributed by atoms with E-state index < -0.39 is 5.97 Å². The lowest BCUT2D eigenvalue weighted by atomic mass is 10.1. The van der Waals surface area contributed by atoms with Gasteiger partial charge in [0.2, 0.25) is 0 Å². The Morgan fingerprint density at radius 2 is 1.21 bits per heavy atom. The fourth-order valence-electron chi connectivity index (χ4n) is 3.72. The molecule has 43 heavy (non-hydrogen) atoms. The third kappa shape index (κ3) is 12.0. The van der Waals surface area contributed by atoms with Crippen molar-refractivity contribution in [2.45, 2.75) is 25.1 Å². The number of alkyl halides is 1. The second-order valence-corrected chi connectivity index (χ2v) is 10.6. The van der Waals surface area contributed by atoms with E-state index in [2.05, 4.69) is 22.5 Å². The van der Waals surface area contributed by atoms with Crippen LogP contribution in [-0.4, -0.2) is 63.0 Å². The zero-order valence-electron chi connectivity index (χ0n) is 24.7. The predicted molar refractivity (Wildman–Crippen MR) is 169 cm³/mol. The van der Waals surface area contributed by atoms with E-state index in [1.807, 2.05) is 38.1 Å². The van der Waals surface area contributed by atoms with E-state index in [0.717, 1.165) is 17.5 Å². The molecule has 0 saturated heterocycles. The molecule has 0 amide bonds. The molecule has 3 aromatic carbocycles. The monoisotopic (exact) mass is 654 g/mol. The van der Waals surface area contributed by atoms with Crippen LogP contribution in [0.4, 0.5) is 0 Å². The first-order valence-electron chi connectivity index (χ1n) is 14.3. The van der Waals surface area contributed by atoms with Crippen LogP contribution in [-0.2, 0) is 19.0 Å². The van der Waals surface area contributed by atoms with E-state index in [1.165, 1.54) is 0 Å². The number of ether oxygens (including phenoxy) is 6. The quantitative estimate of drug-likeness (QED) is 0.0453. The van der Waals surface area contributed by atoms with Gasteiger partial charge in [0.15, 0.2) is 0 Å². The summed E-state index contributed by atoms with van der Waals surface area (Å²) in [6.07, 6.45) is 2.57. The minimum atomic E-state index is -0.466. The smallest absolute Gasteiger partial charge is 0.343 e. The Balaban J connectivity index is 1.38. The summed E-state index contributed by atoms with van der Waals surface area (Å²) in [5.74, 6) is 0.951. The molecule has 0 radical (unpaired) electrons. The van der Waals surface area contributed by atoms with E-state index in [4.69, 9.17) is 28.4 Å². The van der Waals surface area contributed by atoms with Gasteiger partial charge >= 0.3 is 11.9 Å². The van der Waals surface area contributed by atoms with Crippen molar-refractivity contribution in [3.8, 4) is 28.4 Å². The summed E-state index contributed by atoms with van der Waals surface area (Å²) >= 11 is 3.42. The van der Waals surface area contributed by atoms with E-state index in [9.17, 15) is 9.59 Å². The van der Waals surface area contributed by atoms with Gasteiger partial charge in [0.25, 0.3) is 0 Å². The van der Waals surface area contributed by atoms with Crippen molar-refractivity contribution in [3.63, 3.8) is 0 Å². The zero-order chi connectivity index (χ0) is 30.9. The van der Waals surface area contributed by atoms with E-state index in [1.54, 1.807) is 54.6 Å². The van der Waals surface area contributed by atoms with E-state index >= 15 is 0 Å². The summed E-state index contributed by atoms with van der Waals surface area (Å²) in [7, 11) is 0. The lowest BCUT2D eigenvalue weighted by Crippen LogP contribution is -2.26. The third-order valence-electron chi connectivity index (χ3n) is 6.41. The fourth-order valence-corrected chi connectivity index (χ4v) is 4.19. The van der Waals surface area contributed by atoms with E-state index in [0.29, 0.717) is 69.1 Å². The molecule has 0 aliphatic rings. The van der Waals surface area contributed by atoms with Crippen LogP contribution in [0.1, 0.15) is 30.6 Å². The van der Waals surface area contributed by atoms with Crippen LogP contribution < -0.4 is 14.2 Å². The van der Waals surface area contributed by atoms with Gasteiger partial charge in [-0.3, -0.25) is 4.79 Å². The van der Waals surface area contributed by atoms with Gasteiger partial charge < -0.3 is 28.4 Å². The average molecular weight is 656 g/mol. The molecule has 0 bridgehead atoms. The number of esters is 2. The first kappa shape index (κ1) is 34.0.